The smallest absolute Gasteiger partial charge is 0.321 e. The van der Waals surface area contributed by atoms with Gasteiger partial charge in [0.15, 0.2) is 0 Å². The first-order chi connectivity index (χ1) is 8.09. The molecule has 0 radical (unpaired) electrons. The minimum absolute atomic E-state index is 0.0481. The Bertz CT molecular complexity index is 283. The van der Waals surface area contributed by atoms with Crippen LogP contribution in [0, 0.1) is 0 Å². The van der Waals surface area contributed by atoms with Crippen molar-refractivity contribution in [3.05, 3.63) is 0 Å². The van der Waals surface area contributed by atoms with Gasteiger partial charge in [-0.25, -0.2) is 5.43 Å². The SMILES string of the molecule is C[C@H](NNCC[C@H]1COCCC(N)=N1)C(=O)O. The molecule has 2 atom stereocenters. The summed E-state index contributed by atoms with van der Waals surface area (Å²) in [6, 6.07) is -0.569. The standard InChI is InChI=1S/C10H20N4O3/c1-7(10(15)16)14-12-4-2-8-6-17-5-3-9(11)13-8/h7-8,12,14H,2-6H2,1H3,(H2,11,13)(H,15,16)/t7-,8-/m0/s1. The molecule has 0 aromatic rings. The maximum Gasteiger partial charge on any atom is 0.321 e. The number of rotatable bonds is 6. The number of carbonyl (C=O) groups is 1. The van der Waals surface area contributed by atoms with Crippen molar-refractivity contribution in [2.24, 2.45) is 10.7 Å². The van der Waals surface area contributed by atoms with Crippen LogP contribution < -0.4 is 16.6 Å². The van der Waals surface area contributed by atoms with Crippen LogP contribution in [-0.2, 0) is 9.53 Å². The highest BCUT2D eigenvalue weighted by Crippen LogP contribution is 2.03. The van der Waals surface area contributed by atoms with Gasteiger partial charge in [-0.2, -0.15) is 0 Å². The molecule has 1 rings (SSSR count). The number of hydrazine groups is 1. The number of nitrogens with zero attached hydrogens (tertiary/aromatic N) is 1. The summed E-state index contributed by atoms with van der Waals surface area (Å²) in [6.45, 7) is 3.37. The Morgan fingerprint density at radius 1 is 1.76 bits per heavy atom. The molecule has 0 saturated carbocycles. The molecule has 0 amide bonds. The van der Waals surface area contributed by atoms with E-state index in [4.69, 9.17) is 15.6 Å². The van der Waals surface area contributed by atoms with E-state index in [1.165, 1.54) is 0 Å². The van der Waals surface area contributed by atoms with Crippen molar-refractivity contribution in [3.63, 3.8) is 0 Å². The third-order valence-corrected chi connectivity index (χ3v) is 2.45. The quantitative estimate of drug-likeness (QED) is 0.356. The van der Waals surface area contributed by atoms with Gasteiger partial charge >= 0.3 is 5.97 Å². The number of nitrogens with two attached hydrogens (primary N) is 1. The minimum Gasteiger partial charge on any atom is -0.480 e. The van der Waals surface area contributed by atoms with Gasteiger partial charge in [-0.1, -0.05) is 0 Å². The van der Waals surface area contributed by atoms with Crippen LogP contribution in [0.25, 0.3) is 0 Å². The van der Waals surface area contributed by atoms with Crippen LogP contribution in [0.2, 0.25) is 0 Å². The summed E-state index contributed by atoms with van der Waals surface area (Å²) < 4.78 is 5.36. The van der Waals surface area contributed by atoms with Crippen LogP contribution in [-0.4, -0.2) is 48.8 Å². The molecule has 1 aliphatic rings. The van der Waals surface area contributed by atoms with Gasteiger partial charge < -0.3 is 15.6 Å². The second-order valence-electron chi connectivity index (χ2n) is 4.02. The predicted molar refractivity (Wildman–Crippen MR) is 63.7 cm³/mol. The Balaban J connectivity index is 2.17. The highest BCUT2D eigenvalue weighted by Gasteiger charge is 2.13. The summed E-state index contributed by atoms with van der Waals surface area (Å²) in [5.74, 6) is -0.267. The highest BCUT2D eigenvalue weighted by molar-refractivity contribution is 5.80. The fourth-order valence-electron chi connectivity index (χ4n) is 1.41. The number of hydrogen-bond donors (Lipinski definition) is 4. The third kappa shape index (κ3) is 5.62. The zero-order valence-electron chi connectivity index (χ0n) is 9.98. The highest BCUT2D eigenvalue weighted by atomic mass is 16.5. The Labute approximate surface area is 100 Å². The minimum atomic E-state index is -0.891. The number of nitrogens with one attached hydrogen (secondary N) is 2. The van der Waals surface area contributed by atoms with Crippen molar-refractivity contribution in [2.75, 3.05) is 19.8 Å². The molecule has 17 heavy (non-hydrogen) atoms. The summed E-state index contributed by atoms with van der Waals surface area (Å²) in [5, 5.41) is 8.64. The maximum absolute atomic E-state index is 10.5. The Kier molecular flexibility index (Phi) is 5.88. The van der Waals surface area contributed by atoms with Gasteiger partial charge in [0.1, 0.15) is 6.04 Å². The van der Waals surface area contributed by atoms with Gasteiger partial charge in [0.05, 0.1) is 25.1 Å². The van der Waals surface area contributed by atoms with Gasteiger partial charge in [0.25, 0.3) is 0 Å². The van der Waals surface area contributed by atoms with E-state index in [1.54, 1.807) is 6.92 Å². The first-order valence-electron chi connectivity index (χ1n) is 5.70. The summed E-state index contributed by atoms with van der Waals surface area (Å²) >= 11 is 0. The van der Waals surface area contributed by atoms with Gasteiger partial charge in [-0.15, -0.1) is 0 Å². The zero-order valence-corrected chi connectivity index (χ0v) is 9.98. The summed E-state index contributed by atoms with van der Waals surface area (Å²) in [6.07, 6.45) is 1.43. The molecular weight excluding hydrogens is 224 g/mol. The molecule has 1 aliphatic heterocycles. The molecule has 7 heteroatoms. The van der Waals surface area contributed by atoms with Gasteiger partial charge in [0.2, 0.25) is 0 Å². The molecule has 0 spiro atoms. The molecule has 0 aromatic heterocycles. The van der Waals surface area contributed by atoms with E-state index in [-0.39, 0.29) is 6.04 Å². The lowest BCUT2D eigenvalue weighted by Gasteiger charge is -2.13. The van der Waals surface area contributed by atoms with Gasteiger partial charge in [-0.3, -0.25) is 15.2 Å². The van der Waals surface area contributed by atoms with Crippen molar-refractivity contribution >= 4 is 11.8 Å². The van der Waals surface area contributed by atoms with E-state index in [0.29, 0.717) is 32.0 Å². The molecule has 7 nitrogen and oxygen atoms in total. The summed E-state index contributed by atoms with van der Waals surface area (Å²) in [5.41, 5.74) is 11.2. The average Bonchev–Trinajstić information content (AvgIpc) is 2.48. The average molecular weight is 244 g/mol. The lowest BCUT2D eigenvalue weighted by Crippen LogP contribution is -2.44. The van der Waals surface area contributed by atoms with Crippen molar-refractivity contribution in [1.82, 2.24) is 10.9 Å². The fraction of sp³-hybridized carbons (Fsp3) is 0.800. The number of aliphatic imine (C=N–C) groups is 1. The van der Waals surface area contributed by atoms with E-state index in [1.807, 2.05) is 0 Å². The number of carboxylic acid groups (broad SMARTS) is 1. The topological polar surface area (TPSA) is 109 Å². The number of carboxylic acids is 1. The van der Waals surface area contributed by atoms with Crippen molar-refractivity contribution in [3.8, 4) is 0 Å². The molecule has 0 aliphatic carbocycles. The Morgan fingerprint density at radius 3 is 3.24 bits per heavy atom. The van der Waals surface area contributed by atoms with Gasteiger partial charge in [-0.05, 0) is 13.3 Å². The molecule has 0 saturated heterocycles. The van der Waals surface area contributed by atoms with Crippen LogP contribution in [0.3, 0.4) is 0 Å². The van der Waals surface area contributed by atoms with Crippen LogP contribution in [0.5, 0.6) is 0 Å². The maximum atomic E-state index is 10.5. The van der Waals surface area contributed by atoms with E-state index >= 15 is 0 Å². The molecule has 5 N–H and O–H groups in total. The molecule has 0 bridgehead atoms. The van der Waals surface area contributed by atoms with E-state index < -0.39 is 12.0 Å². The van der Waals surface area contributed by atoms with Crippen molar-refractivity contribution in [1.29, 1.82) is 0 Å². The largest absolute Gasteiger partial charge is 0.480 e. The molecule has 0 aromatic carbocycles. The monoisotopic (exact) mass is 244 g/mol. The Hall–Kier alpha value is -1.18. The zero-order chi connectivity index (χ0) is 12.7. The van der Waals surface area contributed by atoms with Crippen molar-refractivity contribution < 1.29 is 14.6 Å². The van der Waals surface area contributed by atoms with E-state index in [9.17, 15) is 4.79 Å². The second kappa shape index (κ2) is 7.21. The van der Waals surface area contributed by atoms with Gasteiger partial charge in [0, 0.05) is 13.0 Å². The van der Waals surface area contributed by atoms with Crippen molar-refractivity contribution in [2.45, 2.75) is 31.8 Å². The lowest BCUT2D eigenvalue weighted by atomic mass is 10.2. The molecule has 0 unspecified atom stereocenters. The van der Waals surface area contributed by atoms with Crippen LogP contribution in [0.4, 0.5) is 0 Å². The first kappa shape index (κ1) is 13.9. The molecular formula is C10H20N4O3. The summed E-state index contributed by atoms with van der Waals surface area (Å²) in [7, 11) is 0. The van der Waals surface area contributed by atoms with Crippen LogP contribution in [0.1, 0.15) is 19.8 Å². The molecule has 1 heterocycles. The second-order valence-corrected chi connectivity index (χ2v) is 4.02. The first-order valence-corrected chi connectivity index (χ1v) is 5.70. The van der Waals surface area contributed by atoms with Crippen LogP contribution in [0.15, 0.2) is 4.99 Å². The number of amidine groups is 1. The molecule has 98 valence electrons. The normalized spacial score (nSPS) is 22.6. The van der Waals surface area contributed by atoms with Crippen LogP contribution >= 0.6 is 0 Å². The lowest BCUT2D eigenvalue weighted by molar-refractivity contribution is -0.139. The summed E-state index contributed by atoms with van der Waals surface area (Å²) in [4.78, 5) is 14.8. The number of hydrogen-bond acceptors (Lipinski definition) is 6. The fourth-order valence-corrected chi connectivity index (χ4v) is 1.41. The Morgan fingerprint density at radius 2 is 2.53 bits per heavy atom. The number of aliphatic carboxylic acids is 1. The molecule has 0 fully saturated rings. The predicted octanol–water partition coefficient (Wildman–Crippen LogP) is -0.910. The van der Waals surface area contributed by atoms with E-state index in [2.05, 4.69) is 15.8 Å². The van der Waals surface area contributed by atoms with E-state index in [0.717, 1.165) is 6.42 Å². The number of ether oxygens (including phenoxy) is 1. The third-order valence-electron chi connectivity index (χ3n) is 2.45.